The Kier molecular flexibility index (Phi) is 8.24. The number of rotatable bonds is 8. The van der Waals surface area contributed by atoms with Crippen molar-refractivity contribution in [3.05, 3.63) is 32.7 Å². The number of carbonyl (C=O) groups excluding carboxylic acids is 1. The molecule has 3 rings (SSSR count). The van der Waals surface area contributed by atoms with Crippen LogP contribution in [0.5, 0.6) is 0 Å². The highest BCUT2D eigenvalue weighted by Gasteiger charge is 2.20. The quantitative estimate of drug-likeness (QED) is 0.575. The molecule has 7 nitrogen and oxygen atoms in total. The van der Waals surface area contributed by atoms with Gasteiger partial charge in [0.15, 0.2) is 3.95 Å². The number of aromatic nitrogens is 2. The van der Waals surface area contributed by atoms with Crippen molar-refractivity contribution in [2.24, 2.45) is 5.92 Å². The van der Waals surface area contributed by atoms with Crippen molar-refractivity contribution in [3.8, 4) is 0 Å². The zero-order valence-electron chi connectivity index (χ0n) is 17.7. The Morgan fingerprint density at radius 1 is 1.27 bits per heavy atom. The number of anilines is 2. The minimum Gasteiger partial charge on any atom is -0.355 e. The first-order chi connectivity index (χ1) is 14.3. The standard InChI is InChI=1S/C20H29ClN6OS2/c1-14(2)11-22-18(28)12-25-6-8-26(9-7-25)13-27-20(29)30-19(24-27)23-16-5-4-15(3)17(21)10-16/h4-5,10,14H,6-9,11-13H2,1-3H3,(H,22,28)(H,23,24). The average molecular weight is 469 g/mol. The number of halogens is 1. The van der Waals surface area contributed by atoms with Crippen LogP contribution in [-0.4, -0.2) is 64.8 Å². The van der Waals surface area contributed by atoms with E-state index in [-0.39, 0.29) is 5.91 Å². The monoisotopic (exact) mass is 468 g/mol. The van der Waals surface area contributed by atoms with Gasteiger partial charge in [0, 0.05) is 43.4 Å². The lowest BCUT2D eigenvalue weighted by atomic mass is 10.2. The number of nitrogens with one attached hydrogen (secondary N) is 2. The largest absolute Gasteiger partial charge is 0.355 e. The minimum atomic E-state index is 0.103. The second-order valence-corrected chi connectivity index (χ2v) is 10.0. The van der Waals surface area contributed by atoms with E-state index in [1.807, 2.05) is 29.8 Å². The third-order valence-corrected chi connectivity index (χ3v) is 6.53. The molecule has 0 atom stereocenters. The summed E-state index contributed by atoms with van der Waals surface area (Å²) >= 11 is 13.1. The molecule has 2 aromatic rings. The molecule has 1 aromatic heterocycles. The first-order valence-corrected chi connectivity index (χ1v) is 11.7. The van der Waals surface area contributed by atoms with Crippen LogP contribution in [0, 0.1) is 16.8 Å². The van der Waals surface area contributed by atoms with Gasteiger partial charge < -0.3 is 10.6 Å². The highest BCUT2D eigenvalue weighted by Crippen LogP contribution is 2.25. The molecule has 2 N–H and O–H groups in total. The Morgan fingerprint density at radius 2 is 1.97 bits per heavy atom. The number of amides is 1. The van der Waals surface area contributed by atoms with Crippen molar-refractivity contribution in [2.75, 3.05) is 44.6 Å². The predicted molar refractivity (Wildman–Crippen MR) is 126 cm³/mol. The van der Waals surface area contributed by atoms with Crippen LogP contribution in [0.4, 0.5) is 10.8 Å². The topological polar surface area (TPSA) is 65.4 Å². The number of piperazine rings is 1. The third kappa shape index (κ3) is 6.75. The van der Waals surface area contributed by atoms with Crippen LogP contribution in [0.3, 0.4) is 0 Å². The Balaban J connectivity index is 1.49. The molecular formula is C20H29ClN6OS2. The van der Waals surface area contributed by atoms with Gasteiger partial charge in [-0.05, 0) is 42.8 Å². The second kappa shape index (κ2) is 10.7. The molecule has 1 aliphatic heterocycles. The van der Waals surface area contributed by atoms with Gasteiger partial charge in [-0.15, -0.1) is 5.10 Å². The molecule has 0 radical (unpaired) electrons. The summed E-state index contributed by atoms with van der Waals surface area (Å²) < 4.78 is 2.58. The fourth-order valence-corrected chi connectivity index (χ4v) is 4.29. The summed E-state index contributed by atoms with van der Waals surface area (Å²) in [5.74, 6) is 0.571. The number of hydrogen-bond acceptors (Lipinski definition) is 7. The van der Waals surface area contributed by atoms with Gasteiger partial charge in [-0.2, -0.15) is 0 Å². The number of aryl methyl sites for hydroxylation is 1. The summed E-state index contributed by atoms with van der Waals surface area (Å²) in [6.07, 6.45) is 0. The maximum atomic E-state index is 12.0. The van der Waals surface area contributed by atoms with Crippen molar-refractivity contribution in [3.63, 3.8) is 0 Å². The van der Waals surface area contributed by atoms with E-state index in [0.717, 1.165) is 58.1 Å². The number of nitrogens with zero attached hydrogens (tertiary/aromatic N) is 4. The van der Waals surface area contributed by atoms with Gasteiger partial charge in [0.25, 0.3) is 0 Å². The Morgan fingerprint density at radius 3 is 2.63 bits per heavy atom. The van der Waals surface area contributed by atoms with E-state index >= 15 is 0 Å². The van der Waals surface area contributed by atoms with E-state index in [0.29, 0.717) is 19.1 Å². The molecule has 0 unspecified atom stereocenters. The molecule has 2 heterocycles. The highest BCUT2D eigenvalue weighted by atomic mass is 35.5. The number of hydrogen-bond donors (Lipinski definition) is 2. The molecule has 30 heavy (non-hydrogen) atoms. The van der Waals surface area contributed by atoms with Crippen molar-refractivity contribution in [1.82, 2.24) is 24.9 Å². The molecule has 1 aromatic carbocycles. The molecule has 164 valence electrons. The van der Waals surface area contributed by atoms with Crippen molar-refractivity contribution >= 4 is 51.9 Å². The summed E-state index contributed by atoms with van der Waals surface area (Å²) in [7, 11) is 0. The third-order valence-electron chi connectivity index (χ3n) is 4.90. The first kappa shape index (κ1) is 23.1. The van der Waals surface area contributed by atoms with E-state index < -0.39 is 0 Å². The van der Waals surface area contributed by atoms with E-state index in [1.165, 1.54) is 11.3 Å². The normalized spacial score (nSPS) is 15.5. The molecule has 1 amide bonds. The average Bonchev–Trinajstić information content (AvgIpc) is 3.03. The van der Waals surface area contributed by atoms with E-state index in [4.69, 9.17) is 23.8 Å². The Labute approximate surface area is 192 Å². The summed E-state index contributed by atoms with van der Waals surface area (Å²) in [6, 6.07) is 5.85. The van der Waals surface area contributed by atoms with Gasteiger partial charge in [-0.3, -0.25) is 14.6 Å². The van der Waals surface area contributed by atoms with Gasteiger partial charge in [0.05, 0.1) is 13.2 Å². The molecule has 1 fully saturated rings. The molecular weight excluding hydrogens is 440 g/mol. The van der Waals surface area contributed by atoms with Crippen molar-refractivity contribution in [1.29, 1.82) is 0 Å². The zero-order valence-corrected chi connectivity index (χ0v) is 20.0. The summed E-state index contributed by atoms with van der Waals surface area (Å²) in [4.78, 5) is 16.5. The van der Waals surface area contributed by atoms with E-state index in [9.17, 15) is 4.79 Å². The van der Waals surface area contributed by atoms with Crippen LogP contribution in [-0.2, 0) is 11.5 Å². The van der Waals surface area contributed by atoms with Crippen LogP contribution >= 0.6 is 35.2 Å². The van der Waals surface area contributed by atoms with Gasteiger partial charge in [-0.1, -0.05) is 42.9 Å². The summed E-state index contributed by atoms with van der Waals surface area (Å²) in [5.41, 5.74) is 1.93. The molecule has 10 heteroatoms. The van der Waals surface area contributed by atoms with Gasteiger partial charge in [0.1, 0.15) is 0 Å². The molecule has 1 saturated heterocycles. The second-order valence-electron chi connectivity index (χ2n) is 8.00. The first-order valence-electron chi connectivity index (χ1n) is 10.1. The predicted octanol–water partition coefficient (Wildman–Crippen LogP) is 3.73. The SMILES string of the molecule is Cc1ccc(Nc2nn(CN3CCN(CC(=O)NCC(C)C)CC3)c(=S)s2)cc1Cl. The van der Waals surface area contributed by atoms with Crippen LogP contribution < -0.4 is 10.6 Å². The maximum Gasteiger partial charge on any atom is 0.234 e. The lowest BCUT2D eigenvalue weighted by molar-refractivity contribution is -0.122. The molecule has 0 aliphatic carbocycles. The van der Waals surface area contributed by atoms with Crippen molar-refractivity contribution < 1.29 is 4.79 Å². The smallest absolute Gasteiger partial charge is 0.234 e. The molecule has 0 spiro atoms. The molecule has 1 aliphatic rings. The van der Waals surface area contributed by atoms with E-state index in [2.05, 4.69) is 39.4 Å². The Bertz CT molecular complexity index is 920. The summed E-state index contributed by atoms with van der Waals surface area (Å²) in [6.45, 7) is 11.5. The van der Waals surface area contributed by atoms with Gasteiger partial charge in [0.2, 0.25) is 11.0 Å². The number of benzene rings is 1. The van der Waals surface area contributed by atoms with Crippen molar-refractivity contribution in [2.45, 2.75) is 27.4 Å². The zero-order chi connectivity index (χ0) is 21.7. The van der Waals surface area contributed by atoms with Crippen LogP contribution in [0.2, 0.25) is 5.02 Å². The highest BCUT2D eigenvalue weighted by molar-refractivity contribution is 7.73. The van der Waals surface area contributed by atoms with Crippen LogP contribution in [0.25, 0.3) is 0 Å². The Hall–Kier alpha value is -1.52. The molecule has 0 saturated carbocycles. The lowest BCUT2D eigenvalue weighted by Gasteiger charge is -2.34. The summed E-state index contributed by atoms with van der Waals surface area (Å²) in [5, 5.41) is 12.4. The van der Waals surface area contributed by atoms with Gasteiger partial charge >= 0.3 is 0 Å². The molecule has 0 bridgehead atoms. The minimum absolute atomic E-state index is 0.103. The fourth-order valence-electron chi connectivity index (χ4n) is 3.10. The van der Waals surface area contributed by atoms with Gasteiger partial charge in [-0.25, -0.2) is 4.68 Å². The van der Waals surface area contributed by atoms with E-state index in [1.54, 1.807) is 0 Å². The lowest BCUT2D eigenvalue weighted by Crippen LogP contribution is -2.50. The number of carbonyl (C=O) groups is 1. The van der Waals surface area contributed by atoms with Crippen LogP contribution in [0.15, 0.2) is 18.2 Å². The fraction of sp³-hybridized carbons (Fsp3) is 0.550. The maximum absolute atomic E-state index is 12.0. The van der Waals surface area contributed by atoms with Crippen LogP contribution in [0.1, 0.15) is 19.4 Å².